The Balaban J connectivity index is 1.99. The molecule has 0 aliphatic heterocycles. The van der Waals surface area contributed by atoms with E-state index in [9.17, 15) is 0 Å². The smallest absolute Gasteiger partial charge is 0.103 e. The summed E-state index contributed by atoms with van der Waals surface area (Å²) in [5.41, 5.74) is 0. The zero-order valence-corrected chi connectivity index (χ0v) is 11.5. The van der Waals surface area contributed by atoms with E-state index in [1.165, 1.54) is 9.35 Å². The van der Waals surface area contributed by atoms with Crippen molar-refractivity contribution in [3.05, 3.63) is 45.0 Å². The lowest BCUT2D eigenvalue weighted by Crippen LogP contribution is -2.16. The lowest BCUT2D eigenvalue weighted by molar-refractivity contribution is 0.471. The highest BCUT2D eigenvalue weighted by molar-refractivity contribution is 9.10. The minimum absolute atomic E-state index is 0.388. The molecule has 0 bridgehead atoms. The molecule has 0 aromatic carbocycles. The molecule has 0 spiro atoms. The summed E-state index contributed by atoms with van der Waals surface area (Å²) in [6, 6.07) is 6.44. The summed E-state index contributed by atoms with van der Waals surface area (Å²) in [4.78, 5) is 1.36. The van der Waals surface area contributed by atoms with Crippen LogP contribution < -0.4 is 5.32 Å². The lowest BCUT2D eigenvalue weighted by atomic mass is 10.1. The van der Waals surface area contributed by atoms with E-state index >= 15 is 0 Å². The average Bonchev–Trinajstić information content (AvgIpc) is 2.92. The number of aryl methyl sites for hydroxylation is 1. The summed E-state index contributed by atoms with van der Waals surface area (Å²) in [6.07, 6.45) is 3.73. The minimum atomic E-state index is 0.388. The molecule has 2 aromatic heterocycles. The Hall–Kier alpha value is -0.580. The van der Waals surface area contributed by atoms with Crippen LogP contribution in [0.15, 0.2) is 38.7 Å². The molecule has 16 heavy (non-hydrogen) atoms. The van der Waals surface area contributed by atoms with Crippen LogP contribution in [0.1, 0.15) is 23.1 Å². The Morgan fingerprint density at radius 1 is 1.50 bits per heavy atom. The molecule has 2 rings (SSSR count). The highest BCUT2D eigenvalue weighted by Crippen LogP contribution is 2.31. The Morgan fingerprint density at radius 2 is 2.38 bits per heavy atom. The molecule has 1 N–H and O–H groups in total. The summed E-state index contributed by atoms with van der Waals surface area (Å²) in [5, 5.41) is 5.45. The standard InChI is InChI=1S/C12H14BrNOS/c1-14-11(12-10(13)6-8-16-12)5-4-9-3-2-7-15-9/h2-3,6-8,11,14H,4-5H2,1H3. The van der Waals surface area contributed by atoms with Gasteiger partial charge >= 0.3 is 0 Å². The Kier molecular flexibility index (Phi) is 4.21. The number of thiophene rings is 1. The van der Waals surface area contributed by atoms with Crippen LogP contribution in [0.25, 0.3) is 0 Å². The van der Waals surface area contributed by atoms with Crippen molar-refractivity contribution in [2.24, 2.45) is 0 Å². The van der Waals surface area contributed by atoms with Gasteiger partial charge < -0.3 is 9.73 Å². The number of hydrogen-bond acceptors (Lipinski definition) is 3. The topological polar surface area (TPSA) is 25.2 Å². The molecule has 1 atom stereocenters. The molecule has 2 nitrogen and oxygen atoms in total. The van der Waals surface area contributed by atoms with E-state index in [4.69, 9.17) is 4.42 Å². The van der Waals surface area contributed by atoms with E-state index in [0.29, 0.717) is 6.04 Å². The van der Waals surface area contributed by atoms with Crippen LogP contribution in [0.5, 0.6) is 0 Å². The molecule has 0 saturated carbocycles. The van der Waals surface area contributed by atoms with Crippen molar-refractivity contribution in [2.75, 3.05) is 7.05 Å². The van der Waals surface area contributed by atoms with Gasteiger partial charge in [-0.15, -0.1) is 11.3 Å². The first-order chi connectivity index (χ1) is 7.81. The first kappa shape index (κ1) is 11.9. The summed E-state index contributed by atoms with van der Waals surface area (Å²) in [5.74, 6) is 1.05. The monoisotopic (exact) mass is 299 g/mol. The predicted molar refractivity (Wildman–Crippen MR) is 70.8 cm³/mol. The van der Waals surface area contributed by atoms with E-state index in [1.807, 2.05) is 19.2 Å². The third-order valence-electron chi connectivity index (χ3n) is 2.57. The summed E-state index contributed by atoms with van der Waals surface area (Å²) < 4.78 is 6.53. The van der Waals surface area contributed by atoms with Crippen molar-refractivity contribution >= 4 is 27.3 Å². The maximum atomic E-state index is 5.34. The average molecular weight is 300 g/mol. The molecular weight excluding hydrogens is 286 g/mol. The van der Waals surface area contributed by atoms with Crippen molar-refractivity contribution in [2.45, 2.75) is 18.9 Å². The van der Waals surface area contributed by atoms with Crippen LogP contribution in [0, 0.1) is 0 Å². The minimum Gasteiger partial charge on any atom is -0.469 e. The van der Waals surface area contributed by atoms with Crippen molar-refractivity contribution in [1.29, 1.82) is 0 Å². The van der Waals surface area contributed by atoms with Gasteiger partial charge in [-0.3, -0.25) is 0 Å². The van der Waals surface area contributed by atoms with Gasteiger partial charge in [0.05, 0.1) is 6.26 Å². The van der Waals surface area contributed by atoms with Gasteiger partial charge in [0.1, 0.15) is 5.76 Å². The van der Waals surface area contributed by atoms with Gasteiger partial charge in [-0.2, -0.15) is 0 Å². The third-order valence-corrected chi connectivity index (χ3v) is 4.55. The van der Waals surface area contributed by atoms with Crippen molar-refractivity contribution in [1.82, 2.24) is 5.32 Å². The highest BCUT2D eigenvalue weighted by Gasteiger charge is 2.14. The molecular formula is C12H14BrNOS. The van der Waals surface area contributed by atoms with Gasteiger partial charge in [-0.25, -0.2) is 0 Å². The Labute approximate surface area is 108 Å². The molecule has 0 aliphatic rings. The first-order valence-electron chi connectivity index (χ1n) is 5.24. The number of nitrogens with one attached hydrogen (secondary N) is 1. The van der Waals surface area contributed by atoms with Crippen LogP contribution in [-0.4, -0.2) is 7.05 Å². The summed E-state index contributed by atoms with van der Waals surface area (Å²) in [6.45, 7) is 0. The van der Waals surface area contributed by atoms with Gasteiger partial charge in [-0.05, 0) is 53.0 Å². The fourth-order valence-corrected chi connectivity index (χ4v) is 3.50. The molecule has 2 heterocycles. The molecule has 4 heteroatoms. The van der Waals surface area contributed by atoms with Crippen LogP contribution >= 0.6 is 27.3 Å². The zero-order valence-electron chi connectivity index (χ0n) is 9.07. The lowest BCUT2D eigenvalue weighted by Gasteiger charge is -2.14. The van der Waals surface area contributed by atoms with Crippen LogP contribution in [0.4, 0.5) is 0 Å². The quantitative estimate of drug-likeness (QED) is 0.903. The van der Waals surface area contributed by atoms with Crippen LogP contribution in [0.2, 0.25) is 0 Å². The van der Waals surface area contributed by atoms with Crippen LogP contribution in [0.3, 0.4) is 0 Å². The van der Waals surface area contributed by atoms with Crippen molar-refractivity contribution in [3.63, 3.8) is 0 Å². The zero-order chi connectivity index (χ0) is 11.4. The highest BCUT2D eigenvalue weighted by atomic mass is 79.9. The maximum absolute atomic E-state index is 5.34. The van der Waals surface area contributed by atoms with Crippen molar-refractivity contribution < 1.29 is 4.42 Å². The third kappa shape index (κ3) is 2.75. The van der Waals surface area contributed by atoms with Gasteiger partial charge in [-0.1, -0.05) is 0 Å². The fourth-order valence-electron chi connectivity index (χ4n) is 1.70. The first-order valence-corrected chi connectivity index (χ1v) is 6.91. The molecule has 0 saturated heterocycles. The second kappa shape index (κ2) is 5.66. The SMILES string of the molecule is CNC(CCc1ccco1)c1sccc1Br. The molecule has 0 amide bonds. The van der Waals surface area contributed by atoms with Crippen molar-refractivity contribution in [3.8, 4) is 0 Å². The second-order valence-corrected chi connectivity index (χ2v) is 5.39. The number of halogens is 1. The number of hydrogen-bond donors (Lipinski definition) is 1. The van der Waals surface area contributed by atoms with Gasteiger partial charge in [0, 0.05) is 21.8 Å². The molecule has 0 radical (unpaired) electrons. The molecule has 2 aromatic rings. The van der Waals surface area contributed by atoms with Gasteiger partial charge in [0.15, 0.2) is 0 Å². The van der Waals surface area contributed by atoms with E-state index in [0.717, 1.165) is 18.6 Å². The predicted octanol–water partition coefficient (Wildman–Crippen LogP) is 4.00. The second-order valence-electron chi connectivity index (χ2n) is 3.59. The Bertz CT molecular complexity index is 424. The number of furan rings is 1. The molecule has 0 aliphatic carbocycles. The summed E-state index contributed by atoms with van der Waals surface area (Å²) >= 11 is 5.35. The van der Waals surface area contributed by atoms with E-state index in [1.54, 1.807) is 17.6 Å². The largest absolute Gasteiger partial charge is 0.469 e. The molecule has 0 fully saturated rings. The maximum Gasteiger partial charge on any atom is 0.103 e. The van der Waals surface area contributed by atoms with Gasteiger partial charge in [0.25, 0.3) is 0 Å². The molecule has 1 unspecified atom stereocenters. The fraction of sp³-hybridized carbons (Fsp3) is 0.333. The van der Waals surface area contributed by atoms with Gasteiger partial charge in [0.2, 0.25) is 0 Å². The van der Waals surface area contributed by atoms with E-state index < -0.39 is 0 Å². The Morgan fingerprint density at radius 3 is 2.94 bits per heavy atom. The van der Waals surface area contributed by atoms with E-state index in [2.05, 4.69) is 32.7 Å². The normalized spacial score (nSPS) is 12.9. The van der Waals surface area contributed by atoms with E-state index in [-0.39, 0.29) is 0 Å². The van der Waals surface area contributed by atoms with Crippen LogP contribution in [-0.2, 0) is 6.42 Å². The number of rotatable bonds is 5. The molecule has 86 valence electrons. The summed E-state index contributed by atoms with van der Waals surface area (Å²) in [7, 11) is 2.00.